The van der Waals surface area contributed by atoms with Crippen LogP contribution in [-0.4, -0.2) is 10.1 Å². The Balaban J connectivity index is 1.94. The fourth-order valence-corrected chi connectivity index (χ4v) is 2.96. The number of hydrogen-bond acceptors (Lipinski definition) is 4. The van der Waals surface area contributed by atoms with Crippen LogP contribution in [-0.2, 0) is 0 Å². The zero-order valence-corrected chi connectivity index (χ0v) is 10.7. The van der Waals surface area contributed by atoms with Crippen molar-refractivity contribution >= 4 is 22.9 Å². The maximum Gasteiger partial charge on any atom is 0.153 e. The second-order valence-corrected chi connectivity index (χ2v) is 5.74. The molecule has 0 saturated carbocycles. The summed E-state index contributed by atoms with van der Waals surface area (Å²) in [7, 11) is 0. The highest BCUT2D eigenvalue weighted by atomic mass is 35.5. The number of ether oxygens (including phenoxy) is 1. The van der Waals surface area contributed by atoms with Crippen molar-refractivity contribution in [2.24, 2.45) is 0 Å². The molecule has 94 valence electrons. The quantitative estimate of drug-likeness (QED) is 0.872. The summed E-state index contributed by atoms with van der Waals surface area (Å²) in [6, 6.07) is 4.13. The normalized spacial score (nSPS) is 22.4. The fourth-order valence-electron chi connectivity index (χ4n) is 1.99. The predicted molar refractivity (Wildman–Crippen MR) is 66.5 cm³/mol. The third-order valence-corrected chi connectivity index (χ3v) is 4.02. The molecule has 2 aromatic rings. The summed E-state index contributed by atoms with van der Waals surface area (Å²) in [5.41, 5.74) is 0.480. The van der Waals surface area contributed by atoms with Crippen molar-refractivity contribution in [3.8, 4) is 5.75 Å². The fraction of sp³-hybridized carbons (Fsp3) is 0.250. The van der Waals surface area contributed by atoms with Gasteiger partial charge in [-0.25, -0.2) is 9.37 Å². The first kappa shape index (κ1) is 11.9. The van der Waals surface area contributed by atoms with E-state index in [2.05, 4.69) is 4.98 Å². The van der Waals surface area contributed by atoms with Gasteiger partial charge in [0.25, 0.3) is 0 Å². The Morgan fingerprint density at radius 2 is 2.33 bits per heavy atom. The lowest BCUT2D eigenvalue weighted by Crippen LogP contribution is -2.19. The summed E-state index contributed by atoms with van der Waals surface area (Å²) in [4.78, 5) is 4.14. The minimum absolute atomic E-state index is 0.338. The number of aliphatic hydroxyl groups is 1. The lowest BCUT2D eigenvalue weighted by atomic mass is 9.99. The van der Waals surface area contributed by atoms with E-state index < -0.39 is 6.10 Å². The van der Waals surface area contributed by atoms with E-state index in [1.165, 1.54) is 29.5 Å². The van der Waals surface area contributed by atoms with Crippen LogP contribution in [0.25, 0.3) is 0 Å². The molecule has 0 fully saturated rings. The second-order valence-electron chi connectivity index (χ2n) is 4.04. The number of nitrogens with zero attached hydrogens (tertiary/aromatic N) is 1. The van der Waals surface area contributed by atoms with Gasteiger partial charge in [0.05, 0.1) is 12.3 Å². The highest BCUT2D eigenvalue weighted by molar-refractivity contribution is 7.15. The van der Waals surface area contributed by atoms with Crippen molar-refractivity contribution in [3.63, 3.8) is 0 Å². The van der Waals surface area contributed by atoms with Gasteiger partial charge < -0.3 is 9.84 Å². The summed E-state index contributed by atoms with van der Waals surface area (Å²) < 4.78 is 19.4. The zero-order chi connectivity index (χ0) is 12.7. The number of aromatic nitrogens is 1. The number of halogens is 2. The van der Waals surface area contributed by atoms with Crippen LogP contribution in [0.4, 0.5) is 4.39 Å². The lowest BCUT2D eigenvalue weighted by molar-refractivity contribution is 0.0652. The molecule has 18 heavy (non-hydrogen) atoms. The molecule has 2 heterocycles. The van der Waals surface area contributed by atoms with E-state index >= 15 is 0 Å². The highest BCUT2D eigenvalue weighted by Crippen LogP contribution is 2.42. The van der Waals surface area contributed by atoms with Gasteiger partial charge in [-0.05, 0) is 18.2 Å². The second kappa shape index (κ2) is 4.50. The molecule has 0 bridgehead atoms. The number of hydrogen-bond donors (Lipinski definition) is 1. The van der Waals surface area contributed by atoms with Crippen molar-refractivity contribution in [2.75, 3.05) is 0 Å². The molecule has 0 spiro atoms. The topological polar surface area (TPSA) is 42.4 Å². The number of rotatable bonds is 1. The van der Waals surface area contributed by atoms with Crippen LogP contribution in [0, 0.1) is 5.82 Å². The minimum Gasteiger partial charge on any atom is -0.483 e. The third-order valence-electron chi connectivity index (χ3n) is 2.81. The van der Waals surface area contributed by atoms with Gasteiger partial charge in [-0.2, -0.15) is 0 Å². The van der Waals surface area contributed by atoms with E-state index in [0.717, 1.165) is 0 Å². The molecule has 0 amide bonds. The maximum absolute atomic E-state index is 13.1. The first-order chi connectivity index (χ1) is 8.63. The van der Waals surface area contributed by atoms with Gasteiger partial charge in [-0.3, -0.25) is 0 Å². The first-order valence-electron chi connectivity index (χ1n) is 5.39. The van der Waals surface area contributed by atoms with Gasteiger partial charge in [0, 0.05) is 12.0 Å². The van der Waals surface area contributed by atoms with E-state index in [9.17, 15) is 9.50 Å². The monoisotopic (exact) mass is 285 g/mol. The zero-order valence-electron chi connectivity index (χ0n) is 9.14. The van der Waals surface area contributed by atoms with Crippen LogP contribution in [0.1, 0.15) is 29.2 Å². The number of fused-ring (bicyclic) bond motifs is 1. The molecular formula is C12H9ClFNO2S. The summed E-state index contributed by atoms with van der Waals surface area (Å²) in [5, 5.41) is 10.7. The molecule has 1 aromatic carbocycles. The van der Waals surface area contributed by atoms with Gasteiger partial charge in [-0.15, -0.1) is 11.3 Å². The smallest absolute Gasteiger partial charge is 0.153 e. The Kier molecular flexibility index (Phi) is 2.97. The summed E-state index contributed by atoms with van der Waals surface area (Å²) in [6.45, 7) is 0. The van der Waals surface area contributed by atoms with Crippen molar-refractivity contribution < 1.29 is 14.2 Å². The predicted octanol–water partition coefficient (Wildman–Crippen LogP) is 3.49. The Hall–Kier alpha value is -1.17. The summed E-state index contributed by atoms with van der Waals surface area (Å²) >= 11 is 7.14. The van der Waals surface area contributed by atoms with Crippen LogP contribution < -0.4 is 4.74 Å². The van der Waals surface area contributed by atoms with Crippen molar-refractivity contribution in [1.82, 2.24) is 4.98 Å². The SMILES string of the molecule is O[C@H]1CC(c2ncc(Cl)s2)Oc2ccc(F)cc21. The average Bonchev–Trinajstić information content (AvgIpc) is 2.77. The number of aliphatic hydroxyl groups excluding tert-OH is 1. The van der Waals surface area contributed by atoms with Crippen molar-refractivity contribution in [1.29, 1.82) is 0 Å². The Morgan fingerprint density at radius 1 is 1.50 bits per heavy atom. The van der Waals surface area contributed by atoms with Crippen LogP contribution in [0.5, 0.6) is 5.75 Å². The van der Waals surface area contributed by atoms with Gasteiger partial charge in [0.2, 0.25) is 0 Å². The summed E-state index contributed by atoms with van der Waals surface area (Å²) in [5.74, 6) is 0.110. The van der Waals surface area contributed by atoms with Gasteiger partial charge in [0.1, 0.15) is 20.9 Å². The van der Waals surface area contributed by atoms with E-state index in [1.807, 2.05) is 0 Å². The Morgan fingerprint density at radius 3 is 3.06 bits per heavy atom. The molecule has 6 heteroatoms. The first-order valence-corrected chi connectivity index (χ1v) is 6.58. The average molecular weight is 286 g/mol. The van der Waals surface area contributed by atoms with Gasteiger partial charge in [0.15, 0.2) is 6.10 Å². The molecule has 0 radical (unpaired) electrons. The molecule has 1 aromatic heterocycles. The molecule has 1 aliphatic rings. The van der Waals surface area contributed by atoms with E-state index in [-0.39, 0.29) is 11.9 Å². The molecule has 2 atom stereocenters. The molecule has 3 nitrogen and oxygen atoms in total. The summed E-state index contributed by atoms with van der Waals surface area (Å²) in [6.07, 6.45) is 0.810. The van der Waals surface area contributed by atoms with Gasteiger partial charge >= 0.3 is 0 Å². The molecule has 0 saturated heterocycles. The van der Waals surface area contributed by atoms with Crippen LogP contribution in [0.15, 0.2) is 24.4 Å². The molecular weight excluding hydrogens is 277 g/mol. The molecule has 0 aliphatic carbocycles. The molecule has 1 unspecified atom stereocenters. The molecule has 3 rings (SSSR count). The largest absolute Gasteiger partial charge is 0.483 e. The molecule has 1 aliphatic heterocycles. The van der Waals surface area contributed by atoms with E-state index in [1.54, 1.807) is 6.20 Å². The Bertz CT molecular complexity index is 589. The van der Waals surface area contributed by atoms with Crippen LogP contribution in [0.3, 0.4) is 0 Å². The Labute approximate surface area is 112 Å². The number of thiazole rings is 1. The standard InChI is InChI=1S/C12H9ClFNO2S/c13-11-5-15-12(18-11)10-4-8(16)7-3-6(14)1-2-9(7)17-10/h1-3,5,8,10,16H,4H2/t8-,10?/m0/s1. The van der Waals surface area contributed by atoms with Gasteiger partial charge in [-0.1, -0.05) is 11.6 Å². The van der Waals surface area contributed by atoms with Crippen molar-refractivity contribution in [2.45, 2.75) is 18.6 Å². The van der Waals surface area contributed by atoms with Crippen LogP contribution in [0.2, 0.25) is 4.34 Å². The van der Waals surface area contributed by atoms with E-state index in [0.29, 0.717) is 27.1 Å². The highest BCUT2D eigenvalue weighted by Gasteiger charge is 2.30. The third kappa shape index (κ3) is 2.09. The lowest BCUT2D eigenvalue weighted by Gasteiger charge is -2.28. The minimum atomic E-state index is -0.753. The molecule has 1 N–H and O–H groups in total. The van der Waals surface area contributed by atoms with Crippen LogP contribution >= 0.6 is 22.9 Å². The number of benzene rings is 1. The van der Waals surface area contributed by atoms with Crippen molar-refractivity contribution in [3.05, 3.63) is 45.1 Å². The maximum atomic E-state index is 13.1. The van der Waals surface area contributed by atoms with E-state index in [4.69, 9.17) is 16.3 Å².